The second-order valence-corrected chi connectivity index (χ2v) is 3.51. The van der Waals surface area contributed by atoms with Crippen molar-refractivity contribution in [3.05, 3.63) is 24.0 Å². The molecule has 0 bridgehead atoms. The average molecular weight is 224 g/mol. The van der Waals surface area contributed by atoms with Crippen LogP contribution in [0.3, 0.4) is 0 Å². The first-order chi connectivity index (χ1) is 7.83. The fourth-order valence-corrected chi connectivity index (χ4v) is 1.48. The lowest BCUT2D eigenvalue weighted by Crippen LogP contribution is -2.23. The number of ether oxygens (including phenoxy) is 2. The van der Waals surface area contributed by atoms with Gasteiger partial charge in [0.25, 0.3) is 0 Å². The van der Waals surface area contributed by atoms with Crippen molar-refractivity contribution in [1.82, 2.24) is 10.3 Å². The maximum Gasteiger partial charge on any atom is 0.142 e. The Morgan fingerprint density at radius 2 is 2.31 bits per heavy atom. The van der Waals surface area contributed by atoms with E-state index in [0.29, 0.717) is 6.61 Å². The number of methoxy groups -OCH3 is 1. The SMILES string of the molecule is CCCOCC(NC)c1ncccc1OC. The standard InChI is InChI=1S/C12H20N2O2/c1-4-8-16-9-10(13-2)12-11(15-3)6-5-7-14-12/h5-7,10,13H,4,8-9H2,1-3H3. The van der Waals surface area contributed by atoms with Gasteiger partial charge in [-0.05, 0) is 25.6 Å². The zero-order valence-electron chi connectivity index (χ0n) is 10.2. The Kier molecular flexibility index (Phi) is 5.82. The Hall–Kier alpha value is -1.13. The second-order valence-electron chi connectivity index (χ2n) is 3.51. The van der Waals surface area contributed by atoms with E-state index in [1.165, 1.54) is 0 Å². The van der Waals surface area contributed by atoms with Gasteiger partial charge in [0.1, 0.15) is 11.4 Å². The van der Waals surface area contributed by atoms with Crippen LogP contribution in [-0.2, 0) is 4.74 Å². The molecule has 4 heteroatoms. The van der Waals surface area contributed by atoms with E-state index in [2.05, 4.69) is 17.2 Å². The predicted molar refractivity (Wildman–Crippen MR) is 63.7 cm³/mol. The Morgan fingerprint density at radius 3 is 2.94 bits per heavy atom. The summed E-state index contributed by atoms with van der Waals surface area (Å²) >= 11 is 0. The number of nitrogens with zero attached hydrogens (tertiary/aromatic N) is 1. The number of aromatic nitrogens is 1. The number of pyridine rings is 1. The Morgan fingerprint density at radius 1 is 1.50 bits per heavy atom. The van der Waals surface area contributed by atoms with Crippen LogP contribution in [0.25, 0.3) is 0 Å². The van der Waals surface area contributed by atoms with Crippen molar-refractivity contribution in [2.45, 2.75) is 19.4 Å². The quantitative estimate of drug-likeness (QED) is 0.717. The summed E-state index contributed by atoms with van der Waals surface area (Å²) in [5.74, 6) is 0.793. The molecule has 0 aliphatic rings. The number of hydrogen-bond acceptors (Lipinski definition) is 4. The third-order valence-electron chi connectivity index (χ3n) is 2.33. The molecule has 1 aromatic heterocycles. The van der Waals surface area contributed by atoms with E-state index in [1.54, 1.807) is 13.3 Å². The number of likely N-dealkylation sites (N-methyl/N-ethyl adjacent to an activating group) is 1. The Labute approximate surface area is 97.0 Å². The first-order valence-electron chi connectivity index (χ1n) is 5.57. The highest BCUT2D eigenvalue weighted by atomic mass is 16.5. The van der Waals surface area contributed by atoms with Gasteiger partial charge in [0.05, 0.1) is 19.8 Å². The van der Waals surface area contributed by atoms with Crippen molar-refractivity contribution in [1.29, 1.82) is 0 Å². The van der Waals surface area contributed by atoms with Crippen LogP contribution < -0.4 is 10.1 Å². The first-order valence-corrected chi connectivity index (χ1v) is 5.57. The molecule has 0 radical (unpaired) electrons. The van der Waals surface area contributed by atoms with Crippen LogP contribution in [0.5, 0.6) is 5.75 Å². The largest absolute Gasteiger partial charge is 0.495 e. The van der Waals surface area contributed by atoms with Gasteiger partial charge in [-0.3, -0.25) is 4.98 Å². The molecule has 0 fully saturated rings. The van der Waals surface area contributed by atoms with Crippen molar-refractivity contribution in [3.63, 3.8) is 0 Å². The molecule has 1 N–H and O–H groups in total. The molecule has 0 aromatic carbocycles. The summed E-state index contributed by atoms with van der Waals surface area (Å²) in [5, 5.41) is 3.18. The van der Waals surface area contributed by atoms with Crippen molar-refractivity contribution in [2.24, 2.45) is 0 Å². The van der Waals surface area contributed by atoms with Crippen LogP contribution >= 0.6 is 0 Å². The minimum Gasteiger partial charge on any atom is -0.495 e. The monoisotopic (exact) mass is 224 g/mol. The van der Waals surface area contributed by atoms with Gasteiger partial charge in [-0.25, -0.2) is 0 Å². The molecule has 1 heterocycles. The summed E-state index contributed by atoms with van der Waals surface area (Å²) in [6.07, 6.45) is 2.79. The molecule has 0 saturated heterocycles. The summed E-state index contributed by atoms with van der Waals surface area (Å²) < 4.78 is 10.8. The van der Waals surface area contributed by atoms with Crippen LogP contribution in [0, 0.1) is 0 Å². The molecule has 1 aromatic rings. The maximum atomic E-state index is 5.53. The normalized spacial score (nSPS) is 12.4. The van der Waals surface area contributed by atoms with Crippen molar-refractivity contribution >= 4 is 0 Å². The van der Waals surface area contributed by atoms with Crippen LogP contribution in [0.4, 0.5) is 0 Å². The number of rotatable bonds is 7. The van der Waals surface area contributed by atoms with E-state index >= 15 is 0 Å². The van der Waals surface area contributed by atoms with Gasteiger partial charge in [-0.15, -0.1) is 0 Å². The summed E-state index contributed by atoms with van der Waals surface area (Å²) in [6, 6.07) is 3.84. The van der Waals surface area contributed by atoms with Gasteiger partial charge in [-0.1, -0.05) is 6.92 Å². The third-order valence-corrected chi connectivity index (χ3v) is 2.33. The molecule has 4 nitrogen and oxygen atoms in total. The fraction of sp³-hybridized carbons (Fsp3) is 0.583. The Bertz CT molecular complexity index is 305. The van der Waals surface area contributed by atoms with Crippen molar-refractivity contribution in [2.75, 3.05) is 27.4 Å². The van der Waals surface area contributed by atoms with Crippen molar-refractivity contribution in [3.8, 4) is 5.75 Å². The molecule has 0 aliphatic carbocycles. The van der Waals surface area contributed by atoms with E-state index in [0.717, 1.165) is 24.5 Å². The molecule has 16 heavy (non-hydrogen) atoms. The molecular weight excluding hydrogens is 204 g/mol. The van der Waals surface area contributed by atoms with Gasteiger partial charge in [-0.2, -0.15) is 0 Å². The molecule has 1 atom stereocenters. The van der Waals surface area contributed by atoms with E-state index in [-0.39, 0.29) is 6.04 Å². The molecule has 0 spiro atoms. The molecule has 0 aliphatic heterocycles. The molecule has 90 valence electrons. The van der Waals surface area contributed by atoms with Gasteiger partial charge in [0.2, 0.25) is 0 Å². The third kappa shape index (κ3) is 3.47. The van der Waals surface area contributed by atoms with Gasteiger partial charge in [0.15, 0.2) is 0 Å². The highest BCUT2D eigenvalue weighted by Gasteiger charge is 2.15. The van der Waals surface area contributed by atoms with Crippen LogP contribution in [0.2, 0.25) is 0 Å². The smallest absolute Gasteiger partial charge is 0.142 e. The first kappa shape index (κ1) is 12.9. The molecule has 0 amide bonds. The zero-order valence-corrected chi connectivity index (χ0v) is 10.2. The lowest BCUT2D eigenvalue weighted by molar-refractivity contribution is 0.112. The minimum atomic E-state index is 0.0719. The predicted octanol–water partition coefficient (Wildman–Crippen LogP) is 1.78. The average Bonchev–Trinajstić information content (AvgIpc) is 2.35. The lowest BCUT2D eigenvalue weighted by Gasteiger charge is -2.17. The molecule has 0 saturated carbocycles. The fourth-order valence-electron chi connectivity index (χ4n) is 1.48. The van der Waals surface area contributed by atoms with Gasteiger partial charge in [0, 0.05) is 12.8 Å². The molecule has 1 unspecified atom stereocenters. The maximum absolute atomic E-state index is 5.53. The zero-order chi connectivity index (χ0) is 11.8. The van der Waals surface area contributed by atoms with Gasteiger partial charge < -0.3 is 14.8 Å². The van der Waals surface area contributed by atoms with Gasteiger partial charge >= 0.3 is 0 Å². The summed E-state index contributed by atoms with van der Waals surface area (Å²) in [6.45, 7) is 3.47. The molecule has 1 rings (SSSR count). The summed E-state index contributed by atoms with van der Waals surface area (Å²) in [5.41, 5.74) is 0.892. The van der Waals surface area contributed by atoms with E-state index in [9.17, 15) is 0 Å². The van der Waals surface area contributed by atoms with E-state index < -0.39 is 0 Å². The highest BCUT2D eigenvalue weighted by Crippen LogP contribution is 2.22. The van der Waals surface area contributed by atoms with Crippen LogP contribution in [-0.4, -0.2) is 32.4 Å². The number of hydrogen-bond donors (Lipinski definition) is 1. The Balaban J connectivity index is 2.69. The summed E-state index contributed by atoms with van der Waals surface area (Å²) in [7, 11) is 3.55. The minimum absolute atomic E-state index is 0.0719. The van der Waals surface area contributed by atoms with E-state index in [4.69, 9.17) is 9.47 Å². The topological polar surface area (TPSA) is 43.4 Å². The van der Waals surface area contributed by atoms with E-state index in [1.807, 2.05) is 19.2 Å². The van der Waals surface area contributed by atoms with Crippen LogP contribution in [0.1, 0.15) is 25.1 Å². The summed E-state index contributed by atoms with van der Waals surface area (Å²) in [4.78, 5) is 4.33. The highest BCUT2D eigenvalue weighted by molar-refractivity contribution is 5.29. The van der Waals surface area contributed by atoms with Crippen LogP contribution in [0.15, 0.2) is 18.3 Å². The number of nitrogens with one attached hydrogen (secondary N) is 1. The molecular formula is C12H20N2O2. The second kappa shape index (κ2) is 7.19. The van der Waals surface area contributed by atoms with Crippen molar-refractivity contribution < 1.29 is 9.47 Å². The lowest BCUT2D eigenvalue weighted by atomic mass is 10.2.